The standard InChI is InChI=1S/C10H16F3NO2/c1-6(7-2-3-7)4-14-5-8(9(15)16)10(11,12)13/h6-8,14H,2-5H2,1H3,(H,15,16). The molecule has 6 heteroatoms. The smallest absolute Gasteiger partial charge is 0.403 e. The molecule has 0 aromatic carbocycles. The van der Waals surface area contributed by atoms with Gasteiger partial charge in [0, 0.05) is 6.54 Å². The molecule has 1 rings (SSSR count). The lowest BCUT2D eigenvalue weighted by atomic mass is 10.1. The van der Waals surface area contributed by atoms with Gasteiger partial charge in [0.2, 0.25) is 0 Å². The van der Waals surface area contributed by atoms with Crippen LogP contribution in [0, 0.1) is 17.8 Å². The molecule has 0 aliphatic heterocycles. The molecule has 1 fully saturated rings. The Labute approximate surface area is 92.0 Å². The van der Waals surface area contributed by atoms with E-state index in [1.807, 2.05) is 6.92 Å². The number of hydrogen-bond donors (Lipinski definition) is 2. The quantitative estimate of drug-likeness (QED) is 0.744. The molecule has 0 spiro atoms. The SMILES string of the molecule is CC(CNCC(C(=O)O)C(F)(F)F)C1CC1. The summed E-state index contributed by atoms with van der Waals surface area (Å²) in [6.45, 7) is 1.87. The molecule has 0 aromatic heterocycles. The Morgan fingerprint density at radius 1 is 1.44 bits per heavy atom. The summed E-state index contributed by atoms with van der Waals surface area (Å²) in [4.78, 5) is 10.4. The highest BCUT2D eigenvalue weighted by molar-refractivity contribution is 5.71. The average molecular weight is 239 g/mol. The lowest BCUT2D eigenvalue weighted by Crippen LogP contribution is -2.40. The van der Waals surface area contributed by atoms with Crippen LogP contribution in [-0.4, -0.2) is 30.3 Å². The Balaban J connectivity index is 2.29. The van der Waals surface area contributed by atoms with Crippen LogP contribution in [0.25, 0.3) is 0 Å². The number of hydrogen-bond acceptors (Lipinski definition) is 2. The number of halogens is 3. The minimum absolute atomic E-state index is 0.322. The van der Waals surface area contributed by atoms with E-state index in [1.165, 1.54) is 0 Å². The molecular weight excluding hydrogens is 223 g/mol. The summed E-state index contributed by atoms with van der Waals surface area (Å²) in [5.41, 5.74) is 0. The molecule has 94 valence electrons. The number of alkyl halides is 3. The van der Waals surface area contributed by atoms with Crippen molar-refractivity contribution in [2.75, 3.05) is 13.1 Å². The normalized spacial score (nSPS) is 20.5. The molecule has 16 heavy (non-hydrogen) atoms. The highest BCUT2D eigenvalue weighted by Crippen LogP contribution is 2.36. The molecule has 1 aliphatic carbocycles. The maximum atomic E-state index is 12.2. The fraction of sp³-hybridized carbons (Fsp3) is 0.900. The molecule has 0 aromatic rings. The molecular formula is C10H16F3NO2. The Hall–Kier alpha value is -0.780. The number of carbonyl (C=O) groups is 1. The lowest BCUT2D eigenvalue weighted by Gasteiger charge is -2.18. The number of nitrogens with one attached hydrogen (secondary N) is 1. The highest BCUT2D eigenvalue weighted by atomic mass is 19.4. The molecule has 0 radical (unpaired) electrons. The maximum absolute atomic E-state index is 12.2. The minimum atomic E-state index is -4.68. The van der Waals surface area contributed by atoms with Gasteiger partial charge in [-0.3, -0.25) is 4.79 Å². The van der Waals surface area contributed by atoms with Crippen LogP contribution in [0.4, 0.5) is 13.2 Å². The zero-order valence-electron chi connectivity index (χ0n) is 9.05. The van der Waals surface area contributed by atoms with Crippen molar-refractivity contribution in [3.05, 3.63) is 0 Å². The topological polar surface area (TPSA) is 49.3 Å². The summed E-state index contributed by atoms with van der Waals surface area (Å²) in [5.74, 6) is -3.21. The monoisotopic (exact) mass is 239 g/mol. The lowest BCUT2D eigenvalue weighted by molar-refractivity contribution is -0.192. The second-order valence-electron chi connectivity index (χ2n) is 4.41. The van der Waals surface area contributed by atoms with Crippen LogP contribution in [0.15, 0.2) is 0 Å². The van der Waals surface area contributed by atoms with Crippen LogP contribution < -0.4 is 5.32 Å². The third-order valence-corrected chi connectivity index (χ3v) is 2.93. The van der Waals surface area contributed by atoms with Gasteiger partial charge in [-0.15, -0.1) is 0 Å². The van der Waals surface area contributed by atoms with E-state index in [2.05, 4.69) is 5.32 Å². The Morgan fingerprint density at radius 2 is 2.00 bits per heavy atom. The molecule has 3 nitrogen and oxygen atoms in total. The number of carboxylic acids is 1. The fourth-order valence-corrected chi connectivity index (χ4v) is 1.63. The molecule has 1 aliphatic rings. The van der Waals surface area contributed by atoms with Gasteiger partial charge in [-0.25, -0.2) is 0 Å². The molecule has 1 saturated carbocycles. The van der Waals surface area contributed by atoms with Crippen LogP contribution >= 0.6 is 0 Å². The van der Waals surface area contributed by atoms with Crippen molar-refractivity contribution in [1.29, 1.82) is 0 Å². The summed E-state index contributed by atoms with van der Waals surface area (Å²) in [6, 6.07) is 0. The maximum Gasteiger partial charge on any atom is 0.403 e. The van der Waals surface area contributed by atoms with Crippen LogP contribution in [0.1, 0.15) is 19.8 Å². The van der Waals surface area contributed by atoms with Gasteiger partial charge in [-0.05, 0) is 31.2 Å². The number of carboxylic acid groups (broad SMARTS) is 1. The van der Waals surface area contributed by atoms with Crippen molar-refractivity contribution in [3.63, 3.8) is 0 Å². The van der Waals surface area contributed by atoms with Crippen molar-refractivity contribution in [2.45, 2.75) is 25.9 Å². The van der Waals surface area contributed by atoms with E-state index in [0.29, 0.717) is 18.4 Å². The fourth-order valence-electron chi connectivity index (χ4n) is 1.63. The predicted molar refractivity (Wildman–Crippen MR) is 51.9 cm³/mol. The Morgan fingerprint density at radius 3 is 2.38 bits per heavy atom. The van der Waals surface area contributed by atoms with Gasteiger partial charge >= 0.3 is 12.1 Å². The van der Waals surface area contributed by atoms with E-state index >= 15 is 0 Å². The molecule has 2 atom stereocenters. The first-order valence-corrected chi connectivity index (χ1v) is 5.32. The van der Waals surface area contributed by atoms with E-state index in [0.717, 1.165) is 12.8 Å². The molecule has 0 heterocycles. The van der Waals surface area contributed by atoms with Gasteiger partial charge in [0.05, 0.1) is 0 Å². The summed E-state index contributed by atoms with van der Waals surface area (Å²) in [5, 5.41) is 11.0. The number of aliphatic carboxylic acids is 1. The van der Waals surface area contributed by atoms with E-state index in [-0.39, 0.29) is 0 Å². The first-order valence-electron chi connectivity index (χ1n) is 5.32. The second kappa shape index (κ2) is 5.03. The zero-order chi connectivity index (χ0) is 12.3. The molecule has 0 saturated heterocycles. The van der Waals surface area contributed by atoms with Crippen LogP contribution in [0.3, 0.4) is 0 Å². The first-order chi connectivity index (χ1) is 7.32. The van der Waals surface area contributed by atoms with Gasteiger partial charge in [-0.1, -0.05) is 6.92 Å². The van der Waals surface area contributed by atoms with Gasteiger partial charge in [0.25, 0.3) is 0 Å². The summed E-state index contributed by atoms with van der Waals surface area (Å²) in [7, 11) is 0. The van der Waals surface area contributed by atoms with Crippen molar-refractivity contribution in [3.8, 4) is 0 Å². The van der Waals surface area contributed by atoms with E-state index in [9.17, 15) is 18.0 Å². The van der Waals surface area contributed by atoms with Gasteiger partial charge in [-0.2, -0.15) is 13.2 Å². The largest absolute Gasteiger partial charge is 0.481 e. The van der Waals surface area contributed by atoms with Crippen LogP contribution in [0.5, 0.6) is 0 Å². The summed E-state index contributed by atoms with van der Waals surface area (Å²) >= 11 is 0. The second-order valence-corrected chi connectivity index (χ2v) is 4.41. The van der Waals surface area contributed by atoms with E-state index in [4.69, 9.17) is 5.11 Å². The van der Waals surface area contributed by atoms with Crippen molar-refractivity contribution >= 4 is 5.97 Å². The van der Waals surface area contributed by atoms with Gasteiger partial charge < -0.3 is 10.4 Å². The summed E-state index contributed by atoms with van der Waals surface area (Å²) < 4.78 is 36.7. The first kappa shape index (κ1) is 13.3. The molecule has 0 amide bonds. The van der Waals surface area contributed by atoms with Crippen molar-refractivity contribution in [1.82, 2.24) is 5.32 Å². The van der Waals surface area contributed by atoms with Crippen molar-refractivity contribution in [2.24, 2.45) is 17.8 Å². The third-order valence-electron chi connectivity index (χ3n) is 2.93. The van der Waals surface area contributed by atoms with Crippen LogP contribution in [0.2, 0.25) is 0 Å². The van der Waals surface area contributed by atoms with Gasteiger partial charge in [0.1, 0.15) is 0 Å². The molecule has 2 unspecified atom stereocenters. The molecule has 0 bridgehead atoms. The Bertz CT molecular complexity index is 251. The van der Waals surface area contributed by atoms with Crippen molar-refractivity contribution < 1.29 is 23.1 Å². The zero-order valence-corrected chi connectivity index (χ0v) is 9.05. The highest BCUT2D eigenvalue weighted by Gasteiger charge is 2.44. The average Bonchev–Trinajstić information content (AvgIpc) is 2.91. The molecule has 2 N–H and O–H groups in total. The number of rotatable bonds is 6. The predicted octanol–water partition coefficient (Wildman–Crippen LogP) is 1.89. The van der Waals surface area contributed by atoms with Gasteiger partial charge in [0.15, 0.2) is 5.92 Å². The Kier molecular flexibility index (Phi) is 4.18. The van der Waals surface area contributed by atoms with E-state index in [1.54, 1.807) is 0 Å². The van der Waals surface area contributed by atoms with Crippen LogP contribution in [-0.2, 0) is 4.79 Å². The minimum Gasteiger partial charge on any atom is -0.481 e. The summed E-state index contributed by atoms with van der Waals surface area (Å²) in [6.07, 6.45) is -2.42. The van der Waals surface area contributed by atoms with E-state index < -0.39 is 24.6 Å². The third kappa shape index (κ3) is 4.00.